The zero-order chi connectivity index (χ0) is 9.42. The molecule has 0 atom stereocenters. The van der Waals surface area contributed by atoms with E-state index in [0.29, 0.717) is 0 Å². The highest BCUT2D eigenvalue weighted by Gasteiger charge is 2.11. The third-order valence-electron chi connectivity index (χ3n) is 1.95. The summed E-state index contributed by atoms with van der Waals surface area (Å²) in [5, 5.41) is 4.88. The molecule has 1 aromatic heterocycles. The van der Waals surface area contributed by atoms with Gasteiger partial charge in [-0.05, 0) is 35.0 Å². The quantitative estimate of drug-likeness (QED) is 0.771. The molecule has 0 unspecified atom stereocenters. The second-order valence-corrected chi connectivity index (χ2v) is 3.52. The fourth-order valence-corrected chi connectivity index (χ4v) is 1.81. The summed E-state index contributed by atoms with van der Waals surface area (Å²) >= 11 is 3.40. The summed E-state index contributed by atoms with van der Waals surface area (Å²) < 4.78 is 11.1. The van der Waals surface area contributed by atoms with E-state index in [-0.39, 0.29) is 0 Å². The largest absolute Gasteiger partial charge is 0.495 e. The molecule has 2 rings (SSSR count). The van der Waals surface area contributed by atoms with Gasteiger partial charge in [0.05, 0.1) is 12.8 Å². The van der Waals surface area contributed by atoms with E-state index < -0.39 is 0 Å². The molecule has 2 aromatic rings. The molecule has 0 aliphatic carbocycles. The molecule has 0 fully saturated rings. The average molecular weight is 242 g/mol. The predicted molar refractivity (Wildman–Crippen MR) is 53.0 cm³/mol. The molecular weight excluding hydrogens is 234 g/mol. The van der Waals surface area contributed by atoms with Crippen LogP contribution in [0.3, 0.4) is 0 Å². The summed E-state index contributed by atoms with van der Waals surface area (Å²) in [5.74, 6) is 0.753. The number of hydrogen-bond acceptors (Lipinski definition) is 3. The molecule has 0 saturated carbocycles. The van der Waals surface area contributed by atoms with Crippen LogP contribution in [0.1, 0.15) is 5.69 Å². The van der Waals surface area contributed by atoms with Crippen molar-refractivity contribution < 1.29 is 9.26 Å². The maximum absolute atomic E-state index is 5.15. The van der Waals surface area contributed by atoms with E-state index in [4.69, 9.17) is 9.26 Å². The highest BCUT2D eigenvalue weighted by atomic mass is 79.9. The molecule has 0 N–H and O–H groups in total. The zero-order valence-corrected chi connectivity index (χ0v) is 8.88. The van der Waals surface area contributed by atoms with E-state index in [1.54, 1.807) is 7.11 Å². The highest BCUT2D eigenvalue weighted by molar-refractivity contribution is 9.10. The van der Waals surface area contributed by atoms with Gasteiger partial charge in [0.2, 0.25) is 0 Å². The van der Waals surface area contributed by atoms with Gasteiger partial charge in [0.25, 0.3) is 0 Å². The Morgan fingerprint density at radius 3 is 2.92 bits per heavy atom. The van der Waals surface area contributed by atoms with Crippen molar-refractivity contribution in [2.75, 3.05) is 7.11 Å². The Morgan fingerprint density at radius 2 is 2.23 bits per heavy atom. The van der Waals surface area contributed by atoms with E-state index in [1.807, 2.05) is 19.1 Å². The van der Waals surface area contributed by atoms with Crippen molar-refractivity contribution in [2.45, 2.75) is 6.92 Å². The van der Waals surface area contributed by atoms with Gasteiger partial charge >= 0.3 is 0 Å². The topological polar surface area (TPSA) is 35.3 Å². The third-order valence-corrected chi connectivity index (χ3v) is 2.70. The molecule has 0 aliphatic heterocycles. The first-order valence-electron chi connectivity index (χ1n) is 3.82. The minimum absolute atomic E-state index is 0.733. The first-order chi connectivity index (χ1) is 6.24. The number of methoxy groups -OCH3 is 1. The fourth-order valence-electron chi connectivity index (χ4n) is 1.23. The summed E-state index contributed by atoms with van der Waals surface area (Å²) in [4.78, 5) is 0. The van der Waals surface area contributed by atoms with Crippen LogP contribution in [-0.4, -0.2) is 12.3 Å². The van der Waals surface area contributed by atoms with E-state index >= 15 is 0 Å². The average Bonchev–Trinajstić information content (AvgIpc) is 2.50. The van der Waals surface area contributed by atoms with Crippen molar-refractivity contribution in [1.29, 1.82) is 0 Å². The first kappa shape index (κ1) is 8.56. The minimum Gasteiger partial charge on any atom is -0.495 e. The lowest BCUT2D eigenvalue weighted by atomic mass is 10.2. The third kappa shape index (κ3) is 1.21. The maximum atomic E-state index is 5.15. The molecule has 0 amide bonds. The molecule has 4 heteroatoms. The Balaban J connectivity index is 2.80. The van der Waals surface area contributed by atoms with Crippen LogP contribution in [0.4, 0.5) is 0 Å². The van der Waals surface area contributed by atoms with Crippen molar-refractivity contribution in [3.8, 4) is 5.75 Å². The smallest absolute Gasteiger partial charge is 0.185 e. The van der Waals surface area contributed by atoms with Gasteiger partial charge in [0.1, 0.15) is 10.2 Å². The lowest BCUT2D eigenvalue weighted by molar-refractivity contribution is 0.408. The van der Waals surface area contributed by atoms with E-state index in [0.717, 1.165) is 26.9 Å². The normalized spacial score (nSPS) is 10.7. The molecule has 0 spiro atoms. The Labute approximate surface area is 83.8 Å². The van der Waals surface area contributed by atoms with Crippen LogP contribution < -0.4 is 4.74 Å². The molecule has 0 bridgehead atoms. The Bertz CT molecular complexity index is 450. The summed E-state index contributed by atoms with van der Waals surface area (Å²) in [6, 6.07) is 3.82. The van der Waals surface area contributed by atoms with Gasteiger partial charge in [-0.15, -0.1) is 0 Å². The van der Waals surface area contributed by atoms with Crippen LogP contribution in [0.15, 0.2) is 21.1 Å². The number of aryl methyl sites for hydroxylation is 1. The summed E-state index contributed by atoms with van der Waals surface area (Å²) in [7, 11) is 1.62. The standard InChI is InChI=1S/C9H8BrNO2/c1-5-6-3-4-7(12-2)8(10)9(6)13-11-5/h3-4H,1-2H3. The monoisotopic (exact) mass is 241 g/mol. The molecule has 68 valence electrons. The van der Waals surface area contributed by atoms with Crippen LogP contribution in [0.5, 0.6) is 5.75 Å². The first-order valence-corrected chi connectivity index (χ1v) is 4.62. The zero-order valence-electron chi connectivity index (χ0n) is 7.30. The molecule has 0 radical (unpaired) electrons. The maximum Gasteiger partial charge on any atom is 0.185 e. The highest BCUT2D eigenvalue weighted by Crippen LogP contribution is 2.33. The van der Waals surface area contributed by atoms with Crippen LogP contribution >= 0.6 is 15.9 Å². The van der Waals surface area contributed by atoms with E-state index in [9.17, 15) is 0 Å². The molecule has 3 nitrogen and oxygen atoms in total. The number of ether oxygens (including phenoxy) is 1. The number of aromatic nitrogens is 1. The fraction of sp³-hybridized carbons (Fsp3) is 0.222. The van der Waals surface area contributed by atoms with E-state index in [1.165, 1.54) is 0 Å². The molecular formula is C9H8BrNO2. The van der Waals surface area contributed by atoms with Crippen molar-refractivity contribution in [3.63, 3.8) is 0 Å². The number of nitrogens with zero attached hydrogens (tertiary/aromatic N) is 1. The van der Waals surface area contributed by atoms with Gasteiger partial charge in [-0.2, -0.15) is 0 Å². The molecule has 1 heterocycles. The van der Waals surface area contributed by atoms with Crippen LogP contribution in [0, 0.1) is 6.92 Å². The van der Waals surface area contributed by atoms with E-state index in [2.05, 4.69) is 21.1 Å². The van der Waals surface area contributed by atoms with Crippen LogP contribution in [0.25, 0.3) is 11.0 Å². The van der Waals surface area contributed by atoms with Gasteiger partial charge in [0.15, 0.2) is 5.58 Å². The Morgan fingerprint density at radius 1 is 1.46 bits per heavy atom. The summed E-state index contributed by atoms with van der Waals surface area (Å²) in [6.45, 7) is 1.91. The molecule has 13 heavy (non-hydrogen) atoms. The van der Waals surface area contributed by atoms with Crippen molar-refractivity contribution >= 4 is 26.9 Å². The van der Waals surface area contributed by atoms with Gasteiger partial charge < -0.3 is 9.26 Å². The molecule has 0 aliphatic rings. The number of fused-ring (bicyclic) bond motifs is 1. The summed E-state index contributed by atoms with van der Waals surface area (Å²) in [6.07, 6.45) is 0. The second-order valence-electron chi connectivity index (χ2n) is 2.73. The predicted octanol–water partition coefficient (Wildman–Crippen LogP) is 2.91. The van der Waals surface area contributed by atoms with Gasteiger partial charge in [-0.1, -0.05) is 5.16 Å². The Kier molecular flexibility index (Phi) is 2.00. The van der Waals surface area contributed by atoms with Crippen molar-refractivity contribution in [3.05, 3.63) is 22.3 Å². The number of halogens is 1. The van der Waals surface area contributed by atoms with Gasteiger partial charge in [-0.25, -0.2) is 0 Å². The van der Waals surface area contributed by atoms with Gasteiger partial charge in [0, 0.05) is 5.39 Å². The minimum atomic E-state index is 0.733. The SMILES string of the molecule is COc1ccc2c(C)noc2c1Br. The van der Waals surface area contributed by atoms with Gasteiger partial charge in [-0.3, -0.25) is 0 Å². The lowest BCUT2D eigenvalue weighted by Gasteiger charge is -2.01. The van der Waals surface area contributed by atoms with Crippen LogP contribution in [0.2, 0.25) is 0 Å². The lowest BCUT2D eigenvalue weighted by Crippen LogP contribution is -1.83. The second kappa shape index (κ2) is 3.03. The van der Waals surface area contributed by atoms with Crippen LogP contribution in [-0.2, 0) is 0 Å². The summed E-state index contributed by atoms with van der Waals surface area (Å²) in [5.41, 5.74) is 1.62. The van der Waals surface area contributed by atoms with Crippen molar-refractivity contribution in [2.24, 2.45) is 0 Å². The molecule has 0 saturated heterocycles. The van der Waals surface area contributed by atoms with Crippen molar-refractivity contribution in [1.82, 2.24) is 5.16 Å². The number of benzene rings is 1. The molecule has 1 aromatic carbocycles. The Hall–Kier alpha value is -1.03. The number of rotatable bonds is 1. The number of hydrogen-bond donors (Lipinski definition) is 0.